The molecule has 1 atom stereocenters. The molecule has 0 fully saturated rings. The van der Waals surface area contributed by atoms with E-state index in [4.69, 9.17) is 17.4 Å². The standard InChI is InChI=1S/C14H12BrClF2N2/c1-7-2-5-11(17)12(13(7)18)14(20-19)9-4-3-8(15)6-10(9)16/h2-6,14,20H,19H2,1H3. The zero-order chi connectivity index (χ0) is 14.9. The molecule has 0 amide bonds. The van der Waals surface area contributed by atoms with E-state index < -0.39 is 17.7 Å². The summed E-state index contributed by atoms with van der Waals surface area (Å²) in [6.45, 7) is 1.56. The zero-order valence-electron chi connectivity index (χ0n) is 10.6. The minimum atomic E-state index is -0.865. The van der Waals surface area contributed by atoms with E-state index in [-0.39, 0.29) is 5.56 Å². The van der Waals surface area contributed by atoms with E-state index in [0.29, 0.717) is 16.1 Å². The molecule has 0 radical (unpaired) electrons. The second-order valence-corrected chi connectivity index (χ2v) is 5.68. The van der Waals surface area contributed by atoms with Crippen molar-refractivity contribution < 1.29 is 8.78 Å². The summed E-state index contributed by atoms with van der Waals surface area (Å²) in [5.74, 6) is 4.17. The lowest BCUT2D eigenvalue weighted by Crippen LogP contribution is -2.30. The summed E-state index contributed by atoms with van der Waals surface area (Å²) in [4.78, 5) is 0. The van der Waals surface area contributed by atoms with Crippen molar-refractivity contribution >= 4 is 27.5 Å². The third kappa shape index (κ3) is 2.86. The van der Waals surface area contributed by atoms with Gasteiger partial charge in [0, 0.05) is 15.1 Å². The number of hydrogen-bond donors (Lipinski definition) is 2. The van der Waals surface area contributed by atoms with Gasteiger partial charge in [-0.3, -0.25) is 5.84 Å². The summed E-state index contributed by atoms with van der Waals surface area (Å²) in [5, 5.41) is 0.364. The van der Waals surface area contributed by atoms with Crippen molar-refractivity contribution in [3.63, 3.8) is 0 Å². The number of nitrogens with two attached hydrogens (primary N) is 1. The zero-order valence-corrected chi connectivity index (χ0v) is 12.9. The Morgan fingerprint density at radius 2 is 1.95 bits per heavy atom. The highest BCUT2D eigenvalue weighted by Gasteiger charge is 2.24. The Morgan fingerprint density at radius 1 is 1.25 bits per heavy atom. The maximum absolute atomic E-state index is 14.2. The molecule has 0 bridgehead atoms. The average Bonchev–Trinajstić information content (AvgIpc) is 2.40. The summed E-state index contributed by atoms with van der Waals surface area (Å²) in [5.41, 5.74) is 3.13. The van der Waals surface area contributed by atoms with Gasteiger partial charge in [0.25, 0.3) is 0 Å². The van der Waals surface area contributed by atoms with Gasteiger partial charge in [-0.15, -0.1) is 0 Å². The van der Waals surface area contributed by atoms with Crippen molar-refractivity contribution in [2.24, 2.45) is 5.84 Å². The molecule has 1 unspecified atom stereocenters. The Hall–Kier alpha value is -1.01. The van der Waals surface area contributed by atoms with Gasteiger partial charge in [-0.05, 0) is 36.2 Å². The van der Waals surface area contributed by atoms with E-state index in [1.165, 1.54) is 12.1 Å². The fraction of sp³-hybridized carbons (Fsp3) is 0.143. The predicted molar refractivity (Wildman–Crippen MR) is 79.4 cm³/mol. The van der Waals surface area contributed by atoms with Gasteiger partial charge in [0.1, 0.15) is 11.6 Å². The highest BCUT2D eigenvalue weighted by Crippen LogP contribution is 2.33. The molecule has 0 saturated heterocycles. The van der Waals surface area contributed by atoms with Gasteiger partial charge in [0.15, 0.2) is 0 Å². The molecule has 0 spiro atoms. The highest BCUT2D eigenvalue weighted by atomic mass is 79.9. The van der Waals surface area contributed by atoms with E-state index in [9.17, 15) is 8.78 Å². The Labute approximate surface area is 129 Å². The van der Waals surface area contributed by atoms with Crippen LogP contribution in [0.1, 0.15) is 22.7 Å². The van der Waals surface area contributed by atoms with Crippen molar-refractivity contribution in [1.29, 1.82) is 0 Å². The molecule has 2 nitrogen and oxygen atoms in total. The molecule has 2 aromatic rings. The molecule has 20 heavy (non-hydrogen) atoms. The van der Waals surface area contributed by atoms with Crippen LogP contribution in [0.3, 0.4) is 0 Å². The van der Waals surface area contributed by atoms with Crippen molar-refractivity contribution in [3.05, 3.63) is 68.2 Å². The van der Waals surface area contributed by atoms with Crippen LogP contribution in [0.25, 0.3) is 0 Å². The molecule has 6 heteroatoms. The molecule has 0 aliphatic carbocycles. The van der Waals surface area contributed by atoms with Crippen LogP contribution in [0.5, 0.6) is 0 Å². The van der Waals surface area contributed by atoms with Crippen LogP contribution < -0.4 is 11.3 Å². The Kier molecular flexibility index (Phi) is 4.75. The number of nitrogens with one attached hydrogen (secondary N) is 1. The molecule has 2 rings (SSSR count). The van der Waals surface area contributed by atoms with Gasteiger partial charge in [0.05, 0.1) is 6.04 Å². The smallest absolute Gasteiger partial charge is 0.134 e. The van der Waals surface area contributed by atoms with Gasteiger partial charge in [0.2, 0.25) is 0 Å². The van der Waals surface area contributed by atoms with E-state index in [1.807, 2.05) is 0 Å². The van der Waals surface area contributed by atoms with Gasteiger partial charge < -0.3 is 0 Å². The lowest BCUT2D eigenvalue weighted by atomic mass is 9.96. The number of benzene rings is 2. The Balaban J connectivity index is 2.61. The molecular weight excluding hydrogens is 350 g/mol. The fourth-order valence-corrected chi connectivity index (χ4v) is 2.79. The summed E-state index contributed by atoms with van der Waals surface area (Å²) in [6, 6.07) is 6.77. The molecule has 0 heterocycles. The third-order valence-corrected chi connectivity index (χ3v) is 3.87. The van der Waals surface area contributed by atoms with E-state index in [0.717, 1.165) is 4.47 Å². The number of hydrazine groups is 1. The van der Waals surface area contributed by atoms with Crippen LogP contribution in [0, 0.1) is 18.6 Å². The first kappa shape index (κ1) is 15.4. The van der Waals surface area contributed by atoms with Crippen molar-refractivity contribution in [2.45, 2.75) is 13.0 Å². The summed E-state index contributed by atoms with van der Waals surface area (Å²) >= 11 is 9.41. The summed E-state index contributed by atoms with van der Waals surface area (Å²) in [6.07, 6.45) is 0. The molecule has 3 N–H and O–H groups in total. The summed E-state index contributed by atoms with van der Waals surface area (Å²) in [7, 11) is 0. The highest BCUT2D eigenvalue weighted by molar-refractivity contribution is 9.10. The van der Waals surface area contributed by atoms with Crippen molar-refractivity contribution in [1.82, 2.24) is 5.43 Å². The lowest BCUT2D eigenvalue weighted by molar-refractivity contribution is 0.506. The minimum absolute atomic E-state index is 0.142. The van der Waals surface area contributed by atoms with Crippen LogP contribution in [0.2, 0.25) is 5.02 Å². The largest absolute Gasteiger partial charge is 0.271 e. The van der Waals surface area contributed by atoms with Crippen LogP contribution in [0.15, 0.2) is 34.8 Å². The monoisotopic (exact) mass is 360 g/mol. The fourth-order valence-electron chi connectivity index (χ4n) is 2.01. The van der Waals surface area contributed by atoms with E-state index in [2.05, 4.69) is 21.4 Å². The maximum Gasteiger partial charge on any atom is 0.134 e. The van der Waals surface area contributed by atoms with Crippen LogP contribution in [0.4, 0.5) is 8.78 Å². The molecule has 0 aliphatic heterocycles. The SMILES string of the molecule is Cc1ccc(F)c(C(NN)c2ccc(Br)cc2Cl)c1F. The predicted octanol–water partition coefficient (Wildman–Crippen LogP) is 4.24. The first-order chi connectivity index (χ1) is 9.45. The second kappa shape index (κ2) is 6.18. The minimum Gasteiger partial charge on any atom is -0.271 e. The number of rotatable bonds is 3. The average molecular weight is 362 g/mol. The second-order valence-electron chi connectivity index (χ2n) is 4.36. The number of aryl methyl sites for hydroxylation is 1. The quantitative estimate of drug-likeness (QED) is 0.634. The van der Waals surface area contributed by atoms with Gasteiger partial charge in [-0.2, -0.15) is 0 Å². The van der Waals surface area contributed by atoms with E-state index in [1.54, 1.807) is 25.1 Å². The van der Waals surface area contributed by atoms with Crippen LogP contribution in [-0.4, -0.2) is 0 Å². The molecule has 2 aromatic carbocycles. The van der Waals surface area contributed by atoms with Crippen LogP contribution >= 0.6 is 27.5 Å². The topological polar surface area (TPSA) is 38.0 Å². The van der Waals surface area contributed by atoms with Gasteiger partial charge >= 0.3 is 0 Å². The molecule has 0 saturated carbocycles. The molecular formula is C14H12BrClF2N2. The Morgan fingerprint density at radius 3 is 2.55 bits per heavy atom. The van der Waals surface area contributed by atoms with Gasteiger partial charge in [-0.1, -0.05) is 39.7 Å². The maximum atomic E-state index is 14.2. The first-order valence-electron chi connectivity index (χ1n) is 5.81. The number of hydrogen-bond acceptors (Lipinski definition) is 2. The van der Waals surface area contributed by atoms with Crippen molar-refractivity contribution in [2.75, 3.05) is 0 Å². The van der Waals surface area contributed by atoms with Crippen molar-refractivity contribution in [3.8, 4) is 0 Å². The Bertz CT molecular complexity index is 649. The van der Waals surface area contributed by atoms with E-state index >= 15 is 0 Å². The number of halogens is 4. The third-order valence-electron chi connectivity index (χ3n) is 3.05. The first-order valence-corrected chi connectivity index (χ1v) is 6.98. The van der Waals surface area contributed by atoms with Gasteiger partial charge in [-0.25, -0.2) is 14.2 Å². The molecule has 106 valence electrons. The normalized spacial score (nSPS) is 12.5. The summed E-state index contributed by atoms with van der Waals surface area (Å²) < 4.78 is 29.0. The lowest BCUT2D eigenvalue weighted by Gasteiger charge is -2.20. The molecule has 0 aliphatic rings. The molecule has 0 aromatic heterocycles. The van der Waals surface area contributed by atoms with Crippen LogP contribution in [-0.2, 0) is 0 Å².